The van der Waals surface area contributed by atoms with E-state index in [4.69, 9.17) is 23.9 Å². The van der Waals surface area contributed by atoms with Crippen LogP contribution in [-0.4, -0.2) is 41.1 Å². The second-order valence-electron chi connectivity index (χ2n) is 17.7. The molecule has 0 spiro atoms. The third kappa shape index (κ3) is 12.1. The lowest BCUT2D eigenvalue weighted by atomic mass is 9.87. The number of pyridine rings is 1. The van der Waals surface area contributed by atoms with Crippen molar-refractivity contribution in [2.24, 2.45) is 11.8 Å². The van der Waals surface area contributed by atoms with E-state index in [0.717, 1.165) is 51.8 Å². The summed E-state index contributed by atoms with van der Waals surface area (Å²) in [5.41, 5.74) is 5.98. The fourth-order valence-electron chi connectivity index (χ4n) is 9.10. The molecule has 338 valence electrons. The number of carbonyl (C=O) groups is 4. The number of rotatable bonds is 17. The third-order valence-corrected chi connectivity index (χ3v) is 14.0. The van der Waals surface area contributed by atoms with E-state index in [0.29, 0.717) is 105 Å². The first-order valence-electron chi connectivity index (χ1n) is 23.6. The molecule has 65 heavy (non-hydrogen) atoms. The van der Waals surface area contributed by atoms with Crippen molar-refractivity contribution in [3.05, 3.63) is 125 Å². The van der Waals surface area contributed by atoms with Gasteiger partial charge in [-0.05, 0) is 141 Å². The second-order valence-corrected chi connectivity index (χ2v) is 18.8. The highest BCUT2D eigenvalue weighted by Crippen LogP contribution is 2.39. The Kier molecular flexibility index (Phi) is 15.4. The van der Waals surface area contributed by atoms with Crippen LogP contribution in [0.5, 0.6) is 11.5 Å². The molecule has 0 atom stereocenters. The molecular formula is C55H59NO8S. The summed E-state index contributed by atoms with van der Waals surface area (Å²) < 4.78 is 25.0. The first-order chi connectivity index (χ1) is 31.7. The highest BCUT2D eigenvalue weighted by atomic mass is 32.1. The minimum absolute atomic E-state index is 0.215. The summed E-state index contributed by atoms with van der Waals surface area (Å²) in [6.07, 6.45) is 10.3. The zero-order valence-electron chi connectivity index (χ0n) is 37.6. The molecule has 0 aliphatic heterocycles. The van der Waals surface area contributed by atoms with E-state index >= 15 is 0 Å². The Morgan fingerprint density at radius 2 is 1.03 bits per heavy atom. The number of hydrogen-bond acceptors (Lipinski definition) is 10. The lowest BCUT2D eigenvalue weighted by Gasteiger charge is -2.27. The van der Waals surface area contributed by atoms with Crippen LogP contribution in [0.2, 0.25) is 0 Å². The van der Waals surface area contributed by atoms with Crippen molar-refractivity contribution in [3.8, 4) is 22.1 Å². The molecule has 0 unspecified atom stereocenters. The summed E-state index contributed by atoms with van der Waals surface area (Å²) >= 11 is 1.63. The predicted molar refractivity (Wildman–Crippen MR) is 255 cm³/mol. The fourth-order valence-corrected chi connectivity index (χ4v) is 10.1. The molecule has 8 rings (SSSR count). The number of benzene rings is 4. The van der Waals surface area contributed by atoms with Gasteiger partial charge in [-0.25, -0.2) is 4.98 Å². The molecule has 9 nitrogen and oxygen atoms in total. The van der Waals surface area contributed by atoms with Gasteiger partial charge in [0.25, 0.3) is 0 Å². The fraction of sp³-hybridized carbons (Fsp3) is 0.400. The minimum atomic E-state index is -0.361. The first kappa shape index (κ1) is 45.7. The number of aromatic nitrogens is 1. The van der Waals surface area contributed by atoms with Gasteiger partial charge < -0.3 is 18.9 Å². The van der Waals surface area contributed by atoms with Crippen molar-refractivity contribution >= 4 is 56.2 Å². The Balaban J connectivity index is 0.878. The van der Waals surface area contributed by atoms with Crippen molar-refractivity contribution in [2.45, 2.75) is 129 Å². The Hall–Kier alpha value is -5.87. The Labute approximate surface area is 385 Å². The topological polar surface area (TPSA) is 118 Å². The number of esters is 4. The van der Waals surface area contributed by atoms with E-state index in [9.17, 15) is 19.2 Å². The van der Waals surface area contributed by atoms with Gasteiger partial charge in [0, 0.05) is 22.9 Å². The van der Waals surface area contributed by atoms with Crippen LogP contribution in [0.4, 0.5) is 0 Å². The van der Waals surface area contributed by atoms with Crippen LogP contribution >= 0.6 is 11.3 Å². The second kappa shape index (κ2) is 21.9. The van der Waals surface area contributed by atoms with E-state index in [-0.39, 0.29) is 47.9 Å². The average Bonchev–Trinajstić information content (AvgIpc) is 3.77. The first-order valence-corrected chi connectivity index (χ1v) is 24.4. The summed E-state index contributed by atoms with van der Waals surface area (Å²) in [5, 5.41) is 1.67. The zero-order chi connectivity index (χ0) is 45.1. The Morgan fingerprint density at radius 1 is 0.554 bits per heavy atom. The van der Waals surface area contributed by atoms with Crippen LogP contribution in [0.1, 0.15) is 113 Å². The molecule has 2 saturated carbocycles. The molecule has 2 aliphatic carbocycles. The third-order valence-electron chi connectivity index (χ3n) is 12.8. The van der Waals surface area contributed by atoms with Gasteiger partial charge in [0.1, 0.15) is 23.5 Å². The van der Waals surface area contributed by atoms with Crippen LogP contribution in [0, 0.1) is 11.8 Å². The quantitative estimate of drug-likeness (QED) is 0.0651. The SMILES string of the molecule is CCCc1ccc(CCC(=O)OC2CCC(C(=O)Oc3ccc(OC(=O)C4CCC(OC(=O)CCc5ccc(CCC)cc5)CC4)c4nc(-c5cc6ccccc6s5)ccc34)CC2)cc1. The van der Waals surface area contributed by atoms with Gasteiger partial charge in [-0.15, -0.1) is 11.3 Å². The van der Waals surface area contributed by atoms with E-state index < -0.39 is 0 Å². The van der Waals surface area contributed by atoms with Gasteiger partial charge in [-0.3, -0.25) is 19.2 Å². The zero-order valence-corrected chi connectivity index (χ0v) is 38.4. The Bertz CT molecular complexity index is 2550. The summed E-state index contributed by atoms with van der Waals surface area (Å²) in [6.45, 7) is 4.33. The number of hydrogen-bond donors (Lipinski definition) is 0. The number of aryl methyl sites for hydroxylation is 4. The monoisotopic (exact) mass is 893 g/mol. The minimum Gasteiger partial charge on any atom is -0.462 e. The van der Waals surface area contributed by atoms with Gasteiger partial charge in [0.2, 0.25) is 0 Å². The molecule has 2 heterocycles. The van der Waals surface area contributed by atoms with Crippen LogP contribution in [0.15, 0.2) is 103 Å². The molecule has 0 saturated heterocycles. The molecular weight excluding hydrogens is 835 g/mol. The van der Waals surface area contributed by atoms with Crippen molar-refractivity contribution in [3.63, 3.8) is 0 Å². The summed E-state index contributed by atoms with van der Waals surface area (Å²) in [7, 11) is 0. The van der Waals surface area contributed by atoms with Crippen molar-refractivity contribution in [1.82, 2.24) is 4.98 Å². The molecule has 2 fully saturated rings. The van der Waals surface area contributed by atoms with Crippen molar-refractivity contribution in [2.75, 3.05) is 0 Å². The van der Waals surface area contributed by atoms with E-state index in [1.54, 1.807) is 23.5 Å². The average molecular weight is 894 g/mol. The van der Waals surface area contributed by atoms with Gasteiger partial charge in [0.15, 0.2) is 5.75 Å². The predicted octanol–water partition coefficient (Wildman–Crippen LogP) is 12.3. The maximum Gasteiger partial charge on any atom is 0.314 e. The van der Waals surface area contributed by atoms with Crippen molar-refractivity contribution in [1.29, 1.82) is 0 Å². The largest absolute Gasteiger partial charge is 0.462 e. The van der Waals surface area contributed by atoms with Crippen LogP contribution in [-0.2, 0) is 54.3 Å². The van der Waals surface area contributed by atoms with Gasteiger partial charge in [-0.1, -0.05) is 93.4 Å². The molecule has 2 aromatic heterocycles. The highest BCUT2D eigenvalue weighted by Gasteiger charge is 2.32. The van der Waals surface area contributed by atoms with E-state index in [1.165, 1.54) is 11.1 Å². The van der Waals surface area contributed by atoms with Crippen molar-refractivity contribution < 1.29 is 38.1 Å². The van der Waals surface area contributed by atoms with E-state index in [2.05, 4.69) is 80.6 Å². The van der Waals surface area contributed by atoms with Gasteiger partial charge in [0.05, 0.1) is 22.4 Å². The van der Waals surface area contributed by atoms with Crippen LogP contribution < -0.4 is 9.47 Å². The van der Waals surface area contributed by atoms with Crippen LogP contribution in [0.25, 0.3) is 31.6 Å². The highest BCUT2D eigenvalue weighted by molar-refractivity contribution is 7.22. The number of thiophene rings is 1. The Morgan fingerprint density at radius 3 is 1.54 bits per heavy atom. The molecule has 0 N–H and O–H groups in total. The van der Waals surface area contributed by atoms with Gasteiger partial charge >= 0.3 is 23.9 Å². The van der Waals surface area contributed by atoms with Gasteiger partial charge in [-0.2, -0.15) is 0 Å². The van der Waals surface area contributed by atoms with E-state index in [1.807, 2.05) is 24.3 Å². The molecule has 0 radical (unpaired) electrons. The van der Waals surface area contributed by atoms with Crippen LogP contribution in [0.3, 0.4) is 0 Å². The number of nitrogens with zero attached hydrogens (tertiary/aromatic N) is 1. The molecule has 6 aromatic rings. The lowest BCUT2D eigenvalue weighted by molar-refractivity contribution is -0.153. The number of carbonyl (C=O) groups excluding carboxylic acids is 4. The molecule has 0 bridgehead atoms. The summed E-state index contributed by atoms with van der Waals surface area (Å²) in [5.74, 6) is -1.21. The summed E-state index contributed by atoms with van der Waals surface area (Å²) in [6, 6.07) is 34.2. The normalized spacial score (nSPS) is 18.6. The molecule has 2 aliphatic rings. The molecule has 0 amide bonds. The lowest BCUT2D eigenvalue weighted by Crippen LogP contribution is -2.30. The standard InChI is InChI=1S/C55H59NO8S/c1-3-7-36-11-15-38(16-12-36)19-33-51(57)61-43-25-21-40(22-26-43)54(59)63-47-31-32-48(53-45(47)29-30-46(56-53)50-35-42-9-5-6-10-49(42)65-50)64-55(60)41-23-27-44(28-24-41)62-52(58)34-20-39-17-13-37(8-4-2)14-18-39/h5-6,9-18,29-32,35,40-41,43-44H,3-4,7-8,19-28,33-34H2,1-2H3. The summed E-state index contributed by atoms with van der Waals surface area (Å²) in [4.78, 5) is 58.9. The maximum absolute atomic E-state index is 13.8. The number of ether oxygens (including phenoxy) is 4. The molecule has 4 aromatic carbocycles. The maximum atomic E-state index is 13.8. The smallest absolute Gasteiger partial charge is 0.314 e. The number of fused-ring (bicyclic) bond motifs is 2. The molecule has 10 heteroatoms.